The van der Waals surface area contributed by atoms with E-state index in [1.54, 1.807) is 0 Å². The molecule has 1 saturated heterocycles. The van der Waals surface area contributed by atoms with Gasteiger partial charge in [-0.15, -0.1) is 0 Å². The van der Waals surface area contributed by atoms with Crippen LogP contribution in [0.3, 0.4) is 0 Å². The molecule has 0 unspecified atom stereocenters. The minimum absolute atomic E-state index is 0.0756. The summed E-state index contributed by atoms with van der Waals surface area (Å²) in [4.78, 5) is 23.3. The summed E-state index contributed by atoms with van der Waals surface area (Å²) in [6.07, 6.45) is 1.29. The van der Waals surface area contributed by atoms with Gasteiger partial charge in [0.25, 0.3) is 0 Å². The van der Waals surface area contributed by atoms with Crippen molar-refractivity contribution < 1.29 is 19.4 Å². The van der Waals surface area contributed by atoms with Crippen LogP contribution >= 0.6 is 0 Å². The van der Waals surface area contributed by atoms with Gasteiger partial charge in [0.05, 0.1) is 5.60 Å². The fourth-order valence-electron chi connectivity index (χ4n) is 1.83. The number of aliphatic hydroxyl groups is 1. The molecule has 1 rings (SSSR count). The zero-order valence-electron chi connectivity index (χ0n) is 12.6. The maximum Gasteiger partial charge on any atom is 0.225 e. The van der Waals surface area contributed by atoms with Crippen molar-refractivity contribution in [2.24, 2.45) is 5.41 Å². The van der Waals surface area contributed by atoms with Gasteiger partial charge in [0.15, 0.2) is 0 Å². The topological polar surface area (TPSA) is 87.7 Å². The van der Waals surface area contributed by atoms with Gasteiger partial charge in [-0.2, -0.15) is 0 Å². The fourth-order valence-corrected chi connectivity index (χ4v) is 1.83. The minimum Gasteiger partial charge on any atom is -0.388 e. The Morgan fingerprint density at radius 3 is 2.35 bits per heavy atom. The summed E-state index contributed by atoms with van der Waals surface area (Å²) in [6, 6.07) is 0. The molecule has 0 aromatic carbocycles. The zero-order chi connectivity index (χ0) is 15.2. The van der Waals surface area contributed by atoms with Crippen LogP contribution in [0, 0.1) is 5.41 Å². The number of amides is 2. The van der Waals surface area contributed by atoms with E-state index >= 15 is 0 Å². The van der Waals surface area contributed by atoms with Crippen molar-refractivity contribution in [3.05, 3.63) is 0 Å². The Balaban J connectivity index is 2.19. The molecule has 3 N–H and O–H groups in total. The van der Waals surface area contributed by atoms with E-state index in [1.807, 2.05) is 20.8 Å². The van der Waals surface area contributed by atoms with Crippen LogP contribution in [0.4, 0.5) is 0 Å². The van der Waals surface area contributed by atoms with E-state index in [1.165, 1.54) is 0 Å². The van der Waals surface area contributed by atoms with Crippen molar-refractivity contribution in [1.29, 1.82) is 0 Å². The van der Waals surface area contributed by atoms with Crippen LogP contribution < -0.4 is 10.6 Å². The second-order valence-corrected chi connectivity index (χ2v) is 6.37. The Morgan fingerprint density at radius 2 is 1.80 bits per heavy atom. The van der Waals surface area contributed by atoms with E-state index in [4.69, 9.17) is 4.74 Å². The highest BCUT2D eigenvalue weighted by Gasteiger charge is 2.30. The predicted molar refractivity (Wildman–Crippen MR) is 75.1 cm³/mol. The standard InChI is InChI=1S/C14H26N2O4/c1-13(2,3)12(18)15-7-4-11(17)16-10-14(19)5-8-20-9-6-14/h19H,4-10H2,1-3H3,(H,15,18)(H,16,17). The van der Waals surface area contributed by atoms with Crippen molar-refractivity contribution >= 4 is 11.8 Å². The average molecular weight is 286 g/mol. The van der Waals surface area contributed by atoms with E-state index in [2.05, 4.69) is 10.6 Å². The Kier molecular flexibility index (Phi) is 5.95. The number of rotatable bonds is 5. The highest BCUT2D eigenvalue weighted by molar-refractivity contribution is 5.82. The van der Waals surface area contributed by atoms with Gasteiger partial charge < -0.3 is 20.5 Å². The van der Waals surface area contributed by atoms with Crippen LogP contribution in [0.5, 0.6) is 0 Å². The predicted octanol–water partition coefficient (Wildman–Crippen LogP) is 0.197. The molecule has 116 valence electrons. The molecule has 0 bridgehead atoms. The monoisotopic (exact) mass is 286 g/mol. The summed E-state index contributed by atoms with van der Waals surface area (Å²) >= 11 is 0. The van der Waals surface area contributed by atoms with Crippen LogP contribution in [0.15, 0.2) is 0 Å². The van der Waals surface area contributed by atoms with Crippen LogP contribution in [0.2, 0.25) is 0 Å². The molecular formula is C14H26N2O4. The van der Waals surface area contributed by atoms with E-state index in [9.17, 15) is 14.7 Å². The van der Waals surface area contributed by atoms with Gasteiger partial charge in [-0.25, -0.2) is 0 Å². The highest BCUT2D eigenvalue weighted by atomic mass is 16.5. The van der Waals surface area contributed by atoms with E-state index in [-0.39, 0.29) is 24.8 Å². The number of carbonyl (C=O) groups is 2. The molecule has 6 nitrogen and oxygen atoms in total. The van der Waals surface area contributed by atoms with Crippen LogP contribution in [0.25, 0.3) is 0 Å². The SMILES string of the molecule is CC(C)(C)C(=O)NCCC(=O)NCC1(O)CCOCC1. The first-order valence-corrected chi connectivity index (χ1v) is 7.08. The first kappa shape index (κ1) is 16.9. The molecule has 1 aliphatic heterocycles. The smallest absolute Gasteiger partial charge is 0.225 e. The minimum atomic E-state index is -0.859. The number of carbonyl (C=O) groups excluding carboxylic acids is 2. The molecule has 1 heterocycles. The summed E-state index contributed by atoms with van der Waals surface area (Å²) in [6.45, 7) is 7.06. The summed E-state index contributed by atoms with van der Waals surface area (Å²) in [5.74, 6) is -0.243. The Labute approximate surface area is 120 Å². The third kappa shape index (κ3) is 5.88. The molecule has 2 amide bonds. The van der Waals surface area contributed by atoms with Gasteiger partial charge in [0, 0.05) is 51.0 Å². The molecule has 20 heavy (non-hydrogen) atoms. The van der Waals surface area contributed by atoms with Gasteiger partial charge in [-0.3, -0.25) is 9.59 Å². The van der Waals surface area contributed by atoms with E-state index < -0.39 is 11.0 Å². The lowest BCUT2D eigenvalue weighted by molar-refractivity contribution is -0.128. The highest BCUT2D eigenvalue weighted by Crippen LogP contribution is 2.19. The molecule has 0 spiro atoms. The molecule has 0 radical (unpaired) electrons. The maximum atomic E-state index is 11.7. The second-order valence-electron chi connectivity index (χ2n) is 6.37. The van der Waals surface area contributed by atoms with Crippen molar-refractivity contribution in [3.63, 3.8) is 0 Å². The van der Waals surface area contributed by atoms with Crippen molar-refractivity contribution in [2.45, 2.75) is 45.6 Å². The van der Waals surface area contributed by atoms with Gasteiger partial charge in [-0.1, -0.05) is 20.8 Å². The second kappa shape index (κ2) is 7.04. The summed E-state index contributed by atoms with van der Waals surface area (Å²) < 4.78 is 5.17. The molecule has 0 aromatic rings. The third-order valence-electron chi connectivity index (χ3n) is 3.36. The van der Waals surface area contributed by atoms with Crippen molar-refractivity contribution in [3.8, 4) is 0 Å². The summed E-state index contributed by atoms with van der Waals surface area (Å²) in [7, 11) is 0. The number of nitrogens with one attached hydrogen (secondary N) is 2. The molecule has 0 saturated carbocycles. The first-order valence-electron chi connectivity index (χ1n) is 7.08. The van der Waals surface area contributed by atoms with Crippen molar-refractivity contribution in [1.82, 2.24) is 10.6 Å². The van der Waals surface area contributed by atoms with Crippen LogP contribution in [0.1, 0.15) is 40.0 Å². The number of hydrogen-bond acceptors (Lipinski definition) is 4. The molecule has 0 aliphatic carbocycles. The van der Waals surface area contributed by atoms with Gasteiger partial charge in [-0.05, 0) is 0 Å². The fraction of sp³-hybridized carbons (Fsp3) is 0.857. The molecule has 1 aliphatic rings. The normalized spacial score (nSPS) is 18.4. The number of ether oxygens (including phenoxy) is 1. The van der Waals surface area contributed by atoms with Crippen LogP contribution in [-0.2, 0) is 14.3 Å². The summed E-state index contributed by atoms with van der Waals surface area (Å²) in [5.41, 5.74) is -1.31. The lowest BCUT2D eigenvalue weighted by Gasteiger charge is -2.32. The molecule has 6 heteroatoms. The number of hydrogen-bond donors (Lipinski definition) is 3. The quantitative estimate of drug-likeness (QED) is 0.673. The zero-order valence-corrected chi connectivity index (χ0v) is 12.6. The van der Waals surface area contributed by atoms with E-state index in [0.29, 0.717) is 32.6 Å². The molecular weight excluding hydrogens is 260 g/mol. The Bertz CT molecular complexity index is 344. The van der Waals surface area contributed by atoms with Gasteiger partial charge in [0.1, 0.15) is 0 Å². The van der Waals surface area contributed by atoms with Crippen LogP contribution in [-0.4, -0.2) is 48.8 Å². The maximum absolute atomic E-state index is 11.7. The molecule has 1 fully saturated rings. The Morgan fingerprint density at radius 1 is 1.20 bits per heavy atom. The third-order valence-corrected chi connectivity index (χ3v) is 3.36. The van der Waals surface area contributed by atoms with E-state index in [0.717, 1.165) is 0 Å². The Hall–Kier alpha value is -1.14. The first-order chi connectivity index (χ1) is 9.23. The molecule has 0 atom stereocenters. The van der Waals surface area contributed by atoms with Gasteiger partial charge >= 0.3 is 0 Å². The average Bonchev–Trinajstić information content (AvgIpc) is 2.36. The lowest BCUT2D eigenvalue weighted by Crippen LogP contribution is -2.47. The van der Waals surface area contributed by atoms with Gasteiger partial charge in [0.2, 0.25) is 11.8 Å². The molecule has 0 aromatic heterocycles. The van der Waals surface area contributed by atoms with Crippen molar-refractivity contribution in [2.75, 3.05) is 26.3 Å². The lowest BCUT2D eigenvalue weighted by atomic mass is 9.94. The largest absolute Gasteiger partial charge is 0.388 e. The summed E-state index contributed by atoms with van der Waals surface area (Å²) in [5, 5.41) is 15.6.